The fourth-order valence-electron chi connectivity index (χ4n) is 9.79. The first-order chi connectivity index (χ1) is 24.6. The van der Waals surface area contributed by atoms with Crippen molar-refractivity contribution in [3.05, 3.63) is 48.6 Å². The van der Waals surface area contributed by atoms with Crippen LogP contribution in [0.3, 0.4) is 0 Å². The molecule has 1 heterocycles. The first kappa shape index (κ1) is 41.6. The molecule has 286 valence electrons. The van der Waals surface area contributed by atoms with Crippen LogP contribution in [0.15, 0.2) is 48.6 Å². The van der Waals surface area contributed by atoms with Gasteiger partial charge in [-0.2, -0.15) is 0 Å². The van der Waals surface area contributed by atoms with Crippen molar-refractivity contribution in [2.75, 3.05) is 14.1 Å². The lowest BCUT2D eigenvalue weighted by atomic mass is 9.66. The van der Waals surface area contributed by atoms with Crippen LogP contribution in [0, 0.1) is 17.3 Å². The minimum atomic E-state index is -0.292. The van der Waals surface area contributed by atoms with Gasteiger partial charge in [-0.15, -0.1) is 0 Å². The van der Waals surface area contributed by atoms with Gasteiger partial charge >= 0.3 is 0 Å². The van der Waals surface area contributed by atoms with Gasteiger partial charge in [0.1, 0.15) is 0 Å². The van der Waals surface area contributed by atoms with Crippen molar-refractivity contribution < 1.29 is 9.47 Å². The summed E-state index contributed by atoms with van der Waals surface area (Å²) in [6.07, 6.45) is 55.9. The topological polar surface area (TPSA) is 21.7 Å². The fraction of sp³-hybridized carbons (Fsp3) is 0.830. The number of ether oxygens (including phenoxy) is 2. The van der Waals surface area contributed by atoms with Gasteiger partial charge in [-0.25, -0.2) is 0 Å². The van der Waals surface area contributed by atoms with Crippen LogP contribution in [0.1, 0.15) is 194 Å². The summed E-state index contributed by atoms with van der Waals surface area (Å²) in [6, 6.07) is 0.743. The van der Waals surface area contributed by atoms with Gasteiger partial charge in [0.2, 0.25) is 0 Å². The molecule has 50 heavy (non-hydrogen) atoms. The number of rotatable bonds is 31. The third-order valence-electron chi connectivity index (χ3n) is 12.9. The number of hydrogen-bond acceptors (Lipinski definition) is 3. The second-order valence-corrected chi connectivity index (χ2v) is 17.0. The van der Waals surface area contributed by atoms with Crippen LogP contribution in [0.25, 0.3) is 0 Å². The van der Waals surface area contributed by atoms with Crippen LogP contribution in [-0.2, 0) is 9.47 Å². The molecule has 4 unspecified atom stereocenters. The molecule has 1 aliphatic heterocycles. The summed E-state index contributed by atoms with van der Waals surface area (Å²) in [5.74, 6) is 1.31. The molecule has 0 amide bonds. The summed E-state index contributed by atoms with van der Waals surface area (Å²) >= 11 is 0. The van der Waals surface area contributed by atoms with E-state index >= 15 is 0 Å². The van der Waals surface area contributed by atoms with E-state index in [0.717, 1.165) is 43.6 Å². The molecule has 0 aromatic heterocycles. The van der Waals surface area contributed by atoms with Gasteiger partial charge in [0.25, 0.3) is 0 Å². The Balaban J connectivity index is 1.07. The number of nitrogens with zero attached hydrogens (tertiary/aromatic N) is 1. The highest BCUT2D eigenvalue weighted by atomic mass is 16.8. The van der Waals surface area contributed by atoms with Gasteiger partial charge in [0, 0.05) is 24.3 Å². The van der Waals surface area contributed by atoms with E-state index < -0.39 is 0 Å². The van der Waals surface area contributed by atoms with Crippen LogP contribution in [0.2, 0.25) is 0 Å². The molecule has 0 N–H and O–H groups in total. The summed E-state index contributed by atoms with van der Waals surface area (Å²) in [5, 5.41) is 0. The van der Waals surface area contributed by atoms with Crippen molar-refractivity contribution in [3.63, 3.8) is 0 Å². The molecular formula is C47H81NO2. The first-order valence-electron chi connectivity index (χ1n) is 22.2. The monoisotopic (exact) mass is 692 g/mol. The van der Waals surface area contributed by atoms with Crippen LogP contribution >= 0.6 is 0 Å². The normalized spacial score (nSPS) is 30.0. The van der Waals surface area contributed by atoms with Gasteiger partial charge in [-0.3, -0.25) is 0 Å². The summed E-state index contributed by atoms with van der Waals surface area (Å²) in [4.78, 5) is 2.48. The molecule has 1 spiro atoms. The predicted molar refractivity (Wildman–Crippen MR) is 217 cm³/mol. The van der Waals surface area contributed by atoms with E-state index in [2.05, 4.69) is 81.5 Å². The Morgan fingerprint density at radius 2 is 0.960 bits per heavy atom. The number of unbranched alkanes of at least 4 members (excludes halogenated alkanes) is 18. The SMILES string of the molecule is CCCCCC=CCC=CCCCCCCCCC1(CCCCCCCCC=CCC=CCCCCC)O[C@@H]2C3CC(N(C)C)C4CC43[C@@H]2O1. The van der Waals surface area contributed by atoms with Gasteiger partial charge in [0.05, 0.1) is 12.2 Å². The first-order valence-corrected chi connectivity index (χ1v) is 22.2. The second kappa shape index (κ2) is 23.5. The highest BCUT2D eigenvalue weighted by Gasteiger charge is 2.83. The predicted octanol–water partition coefficient (Wildman–Crippen LogP) is 13.8. The molecule has 4 aliphatic rings. The largest absolute Gasteiger partial charge is 0.344 e. The van der Waals surface area contributed by atoms with E-state index in [-0.39, 0.29) is 5.79 Å². The summed E-state index contributed by atoms with van der Waals surface area (Å²) < 4.78 is 14.2. The standard InChI is InChI=1S/C47H81NO2/c1-5-7-9-11-13-15-17-19-21-23-25-27-29-31-33-35-37-46(49-44-41-39-43(48(3)4)42-40-47(41,42)45(44)50-46)38-36-34-32-30-28-26-24-22-20-18-16-14-12-10-8-6-2/h13-16,19-22,41-45H,5-12,17-18,23-40H2,1-4H3/t41?,42?,43?,44-,45-,46?,47?/m1/s1. The summed E-state index contributed by atoms with van der Waals surface area (Å²) in [5.41, 5.74) is 0.472. The Morgan fingerprint density at radius 1 is 0.520 bits per heavy atom. The summed E-state index contributed by atoms with van der Waals surface area (Å²) in [7, 11) is 4.56. The average molecular weight is 692 g/mol. The zero-order valence-electron chi connectivity index (χ0n) is 33.6. The minimum Gasteiger partial charge on any atom is -0.344 e. The van der Waals surface area contributed by atoms with E-state index in [1.54, 1.807) is 0 Å². The van der Waals surface area contributed by atoms with Gasteiger partial charge in [0.15, 0.2) is 5.79 Å². The summed E-state index contributed by atoms with van der Waals surface area (Å²) in [6.45, 7) is 4.55. The van der Waals surface area contributed by atoms with Crippen molar-refractivity contribution >= 4 is 0 Å². The molecule has 6 atom stereocenters. The number of allylic oxidation sites excluding steroid dienone is 8. The van der Waals surface area contributed by atoms with E-state index in [4.69, 9.17) is 9.47 Å². The Hall–Kier alpha value is -1.16. The third kappa shape index (κ3) is 12.8. The molecule has 3 aliphatic carbocycles. The molecule has 4 rings (SSSR count). The van der Waals surface area contributed by atoms with E-state index in [9.17, 15) is 0 Å². The molecule has 3 heteroatoms. The zero-order valence-corrected chi connectivity index (χ0v) is 33.6. The highest BCUT2D eigenvalue weighted by Crippen LogP contribution is 2.79. The number of hydrogen-bond donors (Lipinski definition) is 0. The fourth-order valence-corrected chi connectivity index (χ4v) is 9.79. The van der Waals surface area contributed by atoms with Crippen LogP contribution in [0.4, 0.5) is 0 Å². The molecule has 3 saturated carbocycles. The zero-order chi connectivity index (χ0) is 35.3. The number of fused-ring (bicyclic) bond motifs is 2. The Morgan fingerprint density at radius 3 is 1.42 bits per heavy atom. The second-order valence-electron chi connectivity index (χ2n) is 17.0. The average Bonchev–Trinajstić information content (AvgIpc) is 3.69. The van der Waals surface area contributed by atoms with E-state index in [1.807, 2.05) is 0 Å². The van der Waals surface area contributed by atoms with Gasteiger partial charge in [-0.05, 0) is 116 Å². The Labute approximate surface area is 311 Å². The third-order valence-corrected chi connectivity index (χ3v) is 12.9. The lowest BCUT2D eigenvalue weighted by molar-refractivity contribution is -0.182. The van der Waals surface area contributed by atoms with Crippen LogP contribution in [0.5, 0.6) is 0 Å². The smallest absolute Gasteiger partial charge is 0.169 e. The maximum atomic E-state index is 7.12. The maximum Gasteiger partial charge on any atom is 0.169 e. The van der Waals surface area contributed by atoms with Gasteiger partial charge < -0.3 is 14.4 Å². The molecule has 0 radical (unpaired) electrons. The molecular weight excluding hydrogens is 611 g/mol. The van der Waals surface area contributed by atoms with E-state index in [1.165, 1.54) is 154 Å². The molecule has 0 aromatic carbocycles. The van der Waals surface area contributed by atoms with Crippen molar-refractivity contribution in [2.24, 2.45) is 17.3 Å². The van der Waals surface area contributed by atoms with Crippen molar-refractivity contribution in [1.29, 1.82) is 0 Å². The molecule has 0 aromatic rings. The maximum absolute atomic E-state index is 7.12. The van der Waals surface area contributed by atoms with Gasteiger partial charge in [-0.1, -0.05) is 140 Å². The lowest BCUT2D eigenvalue weighted by Gasteiger charge is -2.44. The Kier molecular flexibility index (Phi) is 19.5. The molecule has 1 saturated heterocycles. The molecule has 3 nitrogen and oxygen atoms in total. The molecule has 0 bridgehead atoms. The van der Waals surface area contributed by atoms with Crippen LogP contribution < -0.4 is 0 Å². The quantitative estimate of drug-likeness (QED) is 0.0533. The van der Waals surface area contributed by atoms with Crippen molar-refractivity contribution in [1.82, 2.24) is 4.90 Å². The molecule has 4 fully saturated rings. The lowest BCUT2D eigenvalue weighted by Crippen LogP contribution is -2.54. The van der Waals surface area contributed by atoms with Crippen LogP contribution in [-0.4, -0.2) is 43.0 Å². The highest BCUT2D eigenvalue weighted by molar-refractivity contribution is 5.31. The minimum absolute atomic E-state index is 0.292. The Bertz CT molecular complexity index is 963. The van der Waals surface area contributed by atoms with Crippen molar-refractivity contribution in [2.45, 2.75) is 218 Å². The van der Waals surface area contributed by atoms with E-state index in [0.29, 0.717) is 17.6 Å². The van der Waals surface area contributed by atoms with Crippen molar-refractivity contribution in [3.8, 4) is 0 Å².